The Bertz CT molecular complexity index is 1790. The van der Waals surface area contributed by atoms with E-state index in [1.165, 1.54) is 48.5 Å². The van der Waals surface area contributed by atoms with Gasteiger partial charge in [0.05, 0.1) is 10.8 Å². The summed E-state index contributed by atoms with van der Waals surface area (Å²) >= 11 is 3.40. The van der Waals surface area contributed by atoms with Gasteiger partial charge in [-0.05, 0) is 23.3 Å². The fourth-order valence-electron chi connectivity index (χ4n) is 6.78. The quantitative estimate of drug-likeness (QED) is 0.157. The molecule has 1 saturated heterocycles. The van der Waals surface area contributed by atoms with E-state index in [1.54, 1.807) is 48.5 Å². The molecule has 200 valence electrons. The van der Waals surface area contributed by atoms with Crippen LogP contribution in [0.3, 0.4) is 0 Å². The molecule has 9 heteroatoms. The topological polar surface area (TPSA) is 121 Å². The van der Waals surface area contributed by atoms with E-state index in [4.69, 9.17) is 4.74 Å². The Hall–Kier alpha value is -4.60. The monoisotopic (exact) mass is 607 g/mol. The van der Waals surface area contributed by atoms with Crippen LogP contribution in [0.15, 0.2) is 102 Å². The largest absolute Gasteiger partial charge is 0.348 e. The third-order valence-corrected chi connectivity index (χ3v) is 8.95. The number of nitrogens with zero attached hydrogens (tertiary/aromatic N) is 1. The number of ketones is 4. The zero-order chi connectivity index (χ0) is 28.7. The van der Waals surface area contributed by atoms with Gasteiger partial charge in [-0.15, -0.1) is 0 Å². The molecule has 3 aliphatic rings. The van der Waals surface area contributed by atoms with Crippen molar-refractivity contribution in [1.29, 1.82) is 0 Å². The highest BCUT2D eigenvalue weighted by Crippen LogP contribution is 2.68. The van der Waals surface area contributed by atoms with Crippen molar-refractivity contribution in [2.24, 2.45) is 5.41 Å². The van der Waals surface area contributed by atoms with Crippen molar-refractivity contribution in [3.8, 4) is 0 Å². The lowest BCUT2D eigenvalue weighted by atomic mass is 9.60. The zero-order valence-electron chi connectivity index (χ0n) is 21.1. The first-order valence-electron chi connectivity index (χ1n) is 12.8. The third-order valence-electron chi connectivity index (χ3n) is 8.43. The number of ether oxygens (including phenoxy) is 1. The minimum absolute atomic E-state index is 0.106. The first-order valence-corrected chi connectivity index (χ1v) is 13.6. The molecule has 0 aromatic heterocycles. The Kier molecular flexibility index (Phi) is 5.38. The minimum atomic E-state index is -2.32. The maximum Gasteiger partial charge on any atom is 0.269 e. The molecule has 2 aliphatic carbocycles. The smallest absolute Gasteiger partial charge is 0.269 e. The first-order chi connectivity index (χ1) is 19.7. The number of nitro benzene ring substituents is 1. The van der Waals surface area contributed by atoms with Gasteiger partial charge >= 0.3 is 0 Å². The van der Waals surface area contributed by atoms with Gasteiger partial charge in [0.2, 0.25) is 17.2 Å². The van der Waals surface area contributed by atoms with Crippen molar-refractivity contribution >= 4 is 44.8 Å². The van der Waals surface area contributed by atoms with Gasteiger partial charge in [0.25, 0.3) is 5.69 Å². The van der Waals surface area contributed by atoms with Crippen LogP contribution in [-0.2, 0) is 4.74 Å². The highest BCUT2D eigenvalue weighted by atomic mass is 79.9. The van der Waals surface area contributed by atoms with Gasteiger partial charge < -0.3 is 4.74 Å². The van der Waals surface area contributed by atoms with E-state index in [2.05, 4.69) is 15.9 Å². The summed E-state index contributed by atoms with van der Waals surface area (Å²) in [6.45, 7) is 0. The maximum absolute atomic E-state index is 14.6. The molecule has 4 aromatic rings. The van der Waals surface area contributed by atoms with Gasteiger partial charge in [-0.3, -0.25) is 29.3 Å². The van der Waals surface area contributed by atoms with Crippen LogP contribution in [0, 0.1) is 15.5 Å². The summed E-state index contributed by atoms with van der Waals surface area (Å²) < 4.78 is 7.32. The molecule has 8 nitrogen and oxygen atoms in total. The summed E-state index contributed by atoms with van der Waals surface area (Å²) in [6, 6.07) is 24.7. The third kappa shape index (κ3) is 3.13. The normalized spacial score (nSPS) is 21.5. The molecule has 1 fully saturated rings. The zero-order valence-corrected chi connectivity index (χ0v) is 22.7. The summed E-state index contributed by atoms with van der Waals surface area (Å²) in [5.74, 6) is -4.08. The lowest BCUT2D eigenvalue weighted by molar-refractivity contribution is -0.384. The van der Waals surface area contributed by atoms with Crippen molar-refractivity contribution in [2.45, 2.75) is 17.6 Å². The van der Waals surface area contributed by atoms with Crippen LogP contribution in [0.25, 0.3) is 0 Å². The van der Waals surface area contributed by atoms with E-state index in [9.17, 15) is 29.3 Å². The number of rotatable bonds is 3. The van der Waals surface area contributed by atoms with Crippen molar-refractivity contribution < 1.29 is 28.8 Å². The number of nitro groups is 1. The molecule has 2 spiro atoms. The summed E-state index contributed by atoms with van der Waals surface area (Å²) in [4.78, 5) is 69.3. The number of fused-ring (bicyclic) bond motifs is 2. The van der Waals surface area contributed by atoms with Crippen LogP contribution in [0.1, 0.15) is 64.6 Å². The second-order valence-corrected chi connectivity index (χ2v) is 11.3. The van der Waals surface area contributed by atoms with Crippen molar-refractivity contribution in [1.82, 2.24) is 0 Å². The molecular weight excluding hydrogens is 590 g/mol. The van der Waals surface area contributed by atoms with Gasteiger partial charge in [0.15, 0.2) is 11.6 Å². The van der Waals surface area contributed by atoms with Gasteiger partial charge in [-0.2, -0.15) is 0 Å². The summed E-state index contributed by atoms with van der Waals surface area (Å²) in [7, 11) is 0. The van der Waals surface area contributed by atoms with Crippen LogP contribution in [-0.4, -0.2) is 33.7 Å². The van der Waals surface area contributed by atoms with E-state index in [1.807, 2.05) is 0 Å². The molecule has 0 bridgehead atoms. The van der Waals surface area contributed by atoms with Crippen LogP contribution < -0.4 is 0 Å². The molecule has 2 atom stereocenters. The molecule has 0 unspecified atom stereocenters. The molecule has 41 heavy (non-hydrogen) atoms. The number of halogens is 1. The molecular formula is C32H18BrNO7. The molecule has 4 aromatic carbocycles. The Morgan fingerprint density at radius 3 is 1.68 bits per heavy atom. The minimum Gasteiger partial charge on any atom is -0.348 e. The highest BCUT2D eigenvalue weighted by molar-refractivity contribution is 9.10. The fraction of sp³-hybridized carbons (Fsp3) is 0.125. The van der Waals surface area contributed by atoms with Crippen LogP contribution in [0.4, 0.5) is 5.69 Å². The van der Waals surface area contributed by atoms with Crippen molar-refractivity contribution in [2.75, 3.05) is 0 Å². The molecule has 0 N–H and O–H groups in total. The Balaban J connectivity index is 1.60. The number of hydrogen-bond acceptors (Lipinski definition) is 7. The lowest BCUT2D eigenvalue weighted by Gasteiger charge is -2.34. The van der Waals surface area contributed by atoms with E-state index in [0.29, 0.717) is 5.56 Å². The molecule has 0 radical (unpaired) electrons. The second-order valence-electron chi connectivity index (χ2n) is 10.3. The van der Waals surface area contributed by atoms with E-state index < -0.39 is 51.1 Å². The van der Waals surface area contributed by atoms with Crippen LogP contribution in [0.5, 0.6) is 0 Å². The molecule has 0 amide bonds. The SMILES string of the molecule is O=C1c2ccccc2C(=O)C12O[C@@H](c1ccc(Br)cc1)C1(C(=O)c3ccccc3C1=O)[C@H]2c1cccc([N+](=O)[O-])c1. The molecule has 7 rings (SSSR count). The van der Waals surface area contributed by atoms with Crippen molar-refractivity contribution in [3.63, 3.8) is 0 Å². The number of carbonyl (C=O) groups excluding carboxylic acids is 4. The number of Topliss-reactive ketones (excluding diaryl/α,β-unsaturated/α-hetero) is 4. The number of carbonyl (C=O) groups is 4. The predicted octanol–water partition coefficient (Wildman–Crippen LogP) is 6.10. The van der Waals surface area contributed by atoms with Gasteiger partial charge in [-0.25, -0.2) is 0 Å². The molecule has 0 saturated carbocycles. The number of non-ortho nitro benzene ring substituents is 1. The van der Waals surface area contributed by atoms with Crippen LogP contribution in [0.2, 0.25) is 0 Å². The van der Waals surface area contributed by atoms with Gasteiger partial charge in [0.1, 0.15) is 11.5 Å². The maximum atomic E-state index is 14.6. The number of benzene rings is 4. The average molecular weight is 608 g/mol. The van der Waals surface area contributed by atoms with Crippen LogP contribution >= 0.6 is 15.9 Å². The number of hydrogen-bond donors (Lipinski definition) is 0. The first kappa shape index (κ1) is 25.4. The fourth-order valence-corrected chi connectivity index (χ4v) is 7.05. The van der Waals surface area contributed by atoms with Gasteiger partial charge in [-0.1, -0.05) is 88.7 Å². The predicted molar refractivity (Wildman–Crippen MR) is 149 cm³/mol. The summed E-state index contributed by atoms with van der Waals surface area (Å²) in [6.07, 6.45) is -1.35. The summed E-state index contributed by atoms with van der Waals surface area (Å²) in [5.41, 5.74) is -3.70. The Morgan fingerprint density at radius 2 is 1.17 bits per heavy atom. The lowest BCUT2D eigenvalue weighted by Crippen LogP contribution is -2.51. The van der Waals surface area contributed by atoms with Gasteiger partial charge in [0, 0.05) is 38.9 Å². The molecule has 1 aliphatic heterocycles. The molecule has 1 heterocycles. The van der Waals surface area contributed by atoms with E-state index in [0.717, 1.165) is 4.47 Å². The van der Waals surface area contributed by atoms with Crippen molar-refractivity contribution in [3.05, 3.63) is 145 Å². The summed E-state index contributed by atoms with van der Waals surface area (Å²) in [5, 5.41) is 11.8. The second kappa shape index (κ2) is 8.70. The standard InChI is InChI=1S/C32H18BrNO7/c33-19-14-12-17(13-15-19)30-31(26(35)21-8-1-2-9-22(21)27(31)36)25(18-6-5-7-20(16-18)34(39)40)32(41-30)28(37)23-10-3-4-11-24(23)29(32)38/h1-16,25,30H/t25-,30+/m1/s1. The Morgan fingerprint density at radius 1 is 0.659 bits per heavy atom. The Labute approximate surface area is 241 Å². The average Bonchev–Trinajstić information content (AvgIpc) is 3.51. The van der Waals surface area contributed by atoms with E-state index >= 15 is 0 Å². The highest BCUT2D eigenvalue weighted by Gasteiger charge is 2.79. The van der Waals surface area contributed by atoms with E-state index in [-0.39, 0.29) is 33.5 Å².